The lowest BCUT2D eigenvalue weighted by Gasteiger charge is -2.22. The van der Waals surface area contributed by atoms with Crippen LogP contribution in [0.2, 0.25) is 5.02 Å². The van der Waals surface area contributed by atoms with Crippen LogP contribution in [0.3, 0.4) is 0 Å². The van der Waals surface area contributed by atoms with Crippen molar-refractivity contribution in [2.24, 2.45) is 5.10 Å². The number of halogens is 1. The second kappa shape index (κ2) is 8.22. The summed E-state index contributed by atoms with van der Waals surface area (Å²) in [4.78, 5) is 23.5. The van der Waals surface area contributed by atoms with Crippen LogP contribution < -0.4 is 4.74 Å². The van der Waals surface area contributed by atoms with E-state index in [4.69, 9.17) is 21.4 Å². The van der Waals surface area contributed by atoms with Crippen molar-refractivity contribution in [2.75, 3.05) is 7.11 Å². The minimum absolute atomic E-state index is 0.126. The third-order valence-corrected chi connectivity index (χ3v) is 4.74. The lowest BCUT2D eigenvalue weighted by molar-refractivity contribution is -0.141. The second-order valence-electron chi connectivity index (χ2n) is 6.12. The fourth-order valence-corrected chi connectivity index (χ4v) is 3.36. The molecule has 1 heterocycles. The fraction of sp³-hybridized carbons (Fsp3) is 0.250. The number of carbonyl (C=O) groups is 2. The van der Waals surface area contributed by atoms with Gasteiger partial charge in [-0.1, -0.05) is 41.9 Å². The van der Waals surface area contributed by atoms with Crippen LogP contribution in [0.1, 0.15) is 36.4 Å². The minimum Gasteiger partial charge on any atom is -0.496 e. The third-order valence-electron chi connectivity index (χ3n) is 4.40. The summed E-state index contributed by atoms with van der Waals surface area (Å²) in [6, 6.07) is 14.3. The molecule has 140 valence electrons. The van der Waals surface area contributed by atoms with Gasteiger partial charge in [0.25, 0.3) is 0 Å². The number of hydrogen-bond acceptors (Lipinski definition) is 4. The van der Waals surface area contributed by atoms with Crippen molar-refractivity contribution >= 4 is 29.2 Å². The van der Waals surface area contributed by atoms with E-state index < -0.39 is 5.97 Å². The van der Waals surface area contributed by atoms with E-state index in [1.54, 1.807) is 13.2 Å². The number of para-hydroxylation sites is 1. The van der Waals surface area contributed by atoms with E-state index in [0.717, 1.165) is 11.1 Å². The van der Waals surface area contributed by atoms with E-state index in [9.17, 15) is 9.59 Å². The fourth-order valence-electron chi connectivity index (χ4n) is 3.10. The maximum atomic E-state index is 12.7. The number of hydrazone groups is 1. The van der Waals surface area contributed by atoms with E-state index in [0.29, 0.717) is 22.9 Å². The quantitative estimate of drug-likeness (QED) is 0.816. The average molecular weight is 387 g/mol. The number of amides is 1. The summed E-state index contributed by atoms with van der Waals surface area (Å²) in [5.74, 6) is -0.716. The van der Waals surface area contributed by atoms with Crippen molar-refractivity contribution in [1.29, 1.82) is 0 Å². The van der Waals surface area contributed by atoms with Crippen molar-refractivity contribution in [2.45, 2.75) is 25.3 Å². The molecule has 6 nitrogen and oxygen atoms in total. The summed E-state index contributed by atoms with van der Waals surface area (Å²) in [6.07, 6.45) is 0.0893. The van der Waals surface area contributed by atoms with Crippen LogP contribution in [0.15, 0.2) is 53.6 Å². The highest BCUT2D eigenvalue weighted by atomic mass is 35.5. The molecule has 1 atom stereocenters. The zero-order chi connectivity index (χ0) is 19.4. The van der Waals surface area contributed by atoms with Gasteiger partial charge < -0.3 is 9.84 Å². The molecular weight excluding hydrogens is 368 g/mol. The van der Waals surface area contributed by atoms with Gasteiger partial charge in [-0.3, -0.25) is 9.59 Å². The lowest BCUT2D eigenvalue weighted by Crippen LogP contribution is -2.27. The zero-order valence-corrected chi connectivity index (χ0v) is 15.5. The van der Waals surface area contributed by atoms with E-state index in [1.165, 1.54) is 5.01 Å². The molecule has 1 aliphatic rings. The molecule has 0 aliphatic carbocycles. The smallest absolute Gasteiger partial charge is 0.303 e. The summed E-state index contributed by atoms with van der Waals surface area (Å²) < 4.78 is 5.41. The first-order valence-corrected chi connectivity index (χ1v) is 8.88. The van der Waals surface area contributed by atoms with Crippen LogP contribution in [0.5, 0.6) is 5.75 Å². The Morgan fingerprint density at radius 1 is 1.19 bits per heavy atom. The van der Waals surface area contributed by atoms with Crippen molar-refractivity contribution in [3.63, 3.8) is 0 Å². The predicted octanol–water partition coefficient (Wildman–Crippen LogP) is 3.89. The number of hydrogen-bond donors (Lipinski definition) is 1. The zero-order valence-electron chi connectivity index (χ0n) is 14.8. The average Bonchev–Trinajstić information content (AvgIpc) is 3.11. The number of aliphatic carboxylic acids is 1. The van der Waals surface area contributed by atoms with Gasteiger partial charge in [0, 0.05) is 23.4 Å². The van der Waals surface area contributed by atoms with Crippen LogP contribution in [-0.2, 0) is 9.59 Å². The van der Waals surface area contributed by atoms with Crippen molar-refractivity contribution in [1.82, 2.24) is 5.01 Å². The van der Waals surface area contributed by atoms with Crippen LogP contribution in [0.25, 0.3) is 0 Å². The summed E-state index contributed by atoms with van der Waals surface area (Å²) in [5.41, 5.74) is 2.27. The first kappa shape index (κ1) is 18.9. The van der Waals surface area contributed by atoms with Crippen molar-refractivity contribution in [3.05, 3.63) is 64.7 Å². The summed E-state index contributed by atoms with van der Waals surface area (Å²) in [6.45, 7) is 0. The molecular formula is C20H19ClN2O4. The van der Waals surface area contributed by atoms with E-state index >= 15 is 0 Å². The maximum absolute atomic E-state index is 12.7. The molecule has 27 heavy (non-hydrogen) atoms. The molecule has 3 rings (SSSR count). The first-order valence-electron chi connectivity index (χ1n) is 8.50. The normalized spacial score (nSPS) is 16.1. The number of rotatable bonds is 6. The summed E-state index contributed by atoms with van der Waals surface area (Å²) >= 11 is 6.35. The van der Waals surface area contributed by atoms with Gasteiger partial charge in [-0.15, -0.1) is 0 Å². The van der Waals surface area contributed by atoms with Gasteiger partial charge in [-0.2, -0.15) is 5.10 Å². The van der Waals surface area contributed by atoms with Crippen molar-refractivity contribution in [3.8, 4) is 5.75 Å². The third kappa shape index (κ3) is 4.11. The Hall–Kier alpha value is -2.86. The number of carboxylic acids is 1. The van der Waals surface area contributed by atoms with Gasteiger partial charge in [-0.25, -0.2) is 5.01 Å². The standard InChI is InChI=1S/C20H19ClN2O4/c1-27-18-9-5-3-7-14(18)16-12-17(13-6-2-4-8-15(13)21)23(22-16)19(24)10-11-20(25)26/h2-9,17H,10-12H2,1H3,(H,25,26)/t17-/m1/s1. The minimum atomic E-state index is -1.02. The Morgan fingerprint density at radius 2 is 1.89 bits per heavy atom. The Bertz CT molecular complexity index is 897. The molecule has 0 saturated heterocycles. The monoisotopic (exact) mass is 386 g/mol. The van der Waals surface area contributed by atoms with Gasteiger partial charge in [-0.05, 0) is 23.8 Å². The highest BCUT2D eigenvalue weighted by Gasteiger charge is 2.34. The molecule has 1 aliphatic heterocycles. The van der Waals surface area contributed by atoms with Gasteiger partial charge in [0.15, 0.2) is 0 Å². The van der Waals surface area contributed by atoms with Gasteiger partial charge in [0.2, 0.25) is 5.91 Å². The Morgan fingerprint density at radius 3 is 2.59 bits per heavy atom. The second-order valence-corrected chi connectivity index (χ2v) is 6.53. The maximum Gasteiger partial charge on any atom is 0.303 e. The van der Waals surface area contributed by atoms with Crippen LogP contribution >= 0.6 is 11.6 Å². The molecule has 0 radical (unpaired) electrons. The summed E-state index contributed by atoms with van der Waals surface area (Å²) in [5, 5.41) is 15.3. The number of benzene rings is 2. The molecule has 0 saturated carbocycles. The Labute approximate surface area is 162 Å². The SMILES string of the molecule is COc1ccccc1C1=NN(C(=O)CCC(=O)O)[C@@H](c2ccccc2Cl)C1. The van der Waals surface area contributed by atoms with Gasteiger partial charge >= 0.3 is 5.97 Å². The number of ether oxygens (including phenoxy) is 1. The molecule has 2 aromatic carbocycles. The molecule has 0 fully saturated rings. The topological polar surface area (TPSA) is 79.2 Å². The molecule has 0 bridgehead atoms. The van der Waals surface area contributed by atoms with Crippen LogP contribution in [-0.4, -0.2) is 34.8 Å². The number of carboxylic acid groups (broad SMARTS) is 1. The number of methoxy groups -OCH3 is 1. The summed E-state index contributed by atoms with van der Waals surface area (Å²) in [7, 11) is 1.58. The Kier molecular flexibility index (Phi) is 5.76. The Balaban J connectivity index is 1.97. The molecule has 0 spiro atoms. The van der Waals surface area contributed by atoms with Crippen LogP contribution in [0.4, 0.5) is 0 Å². The molecule has 0 aromatic heterocycles. The van der Waals surface area contributed by atoms with Gasteiger partial charge in [0.1, 0.15) is 5.75 Å². The highest BCUT2D eigenvalue weighted by molar-refractivity contribution is 6.31. The van der Waals surface area contributed by atoms with E-state index in [1.807, 2.05) is 42.5 Å². The first-order chi connectivity index (χ1) is 13.0. The number of carbonyl (C=O) groups excluding carboxylic acids is 1. The molecule has 7 heteroatoms. The molecule has 2 aromatic rings. The lowest BCUT2D eigenvalue weighted by atomic mass is 9.97. The molecule has 1 amide bonds. The van der Waals surface area contributed by atoms with Crippen molar-refractivity contribution < 1.29 is 19.4 Å². The van der Waals surface area contributed by atoms with E-state index in [2.05, 4.69) is 5.10 Å². The number of nitrogens with zero attached hydrogens (tertiary/aromatic N) is 2. The van der Waals surface area contributed by atoms with E-state index in [-0.39, 0.29) is 24.8 Å². The molecule has 0 unspecified atom stereocenters. The van der Waals surface area contributed by atoms with Gasteiger partial charge in [0.05, 0.1) is 25.3 Å². The predicted molar refractivity (Wildman–Crippen MR) is 102 cm³/mol. The molecule has 1 N–H and O–H groups in total. The largest absolute Gasteiger partial charge is 0.496 e. The highest BCUT2D eigenvalue weighted by Crippen LogP contribution is 2.38. The van der Waals surface area contributed by atoms with Crippen LogP contribution in [0, 0.1) is 0 Å².